The molecule has 0 heterocycles. The third-order valence-electron chi connectivity index (χ3n) is 2.62. The van der Waals surface area contributed by atoms with Crippen molar-refractivity contribution in [2.45, 2.75) is 20.8 Å². The lowest BCUT2D eigenvalue weighted by molar-refractivity contribution is -0.384. The van der Waals surface area contributed by atoms with E-state index in [1.165, 1.54) is 18.2 Å². The molecule has 1 aromatic carbocycles. The molecule has 0 saturated heterocycles. The molecule has 0 aliphatic carbocycles. The van der Waals surface area contributed by atoms with Gasteiger partial charge in [0, 0.05) is 23.7 Å². The molecule has 0 unspecified atom stereocenters. The summed E-state index contributed by atoms with van der Waals surface area (Å²) in [6, 6.07) is 4.30. The van der Waals surface area contributed by atoms with Crippen LogP contribution in [0, 0.1) is 22.5 Å². The number of non-ortho nitro benzene ring substituents is 1. The summed E-state index contributed by atoms with van der Waals surface area (Å²) < 4.78 is 0. The number of carbonyl (C=O) groups is 1. The first-order valence-corrected chi connectivity index (χ1v) is 5.94. The van der Waals surface area contributed by atoms with Crippen LogP contribution in [-0.2, 0) is 4.79 Å². The normalized spacial score (nSPS) is 11.1. The summed E-state index contributed by atoms with van der Waals surface area (Å²) in [7, 11) is 0. The first-order valence-electron chi connectivity index (χ1n) is 5.40. The number of nitrogens with one attached hydrogen (secondary N) is 1. The van der Waals surface area contributed by atoms with Crippen LogP contribution in [0.5, 0.6) is 0 Å². The largest absolute Gasteiger partial charge is 0.325 e. The van der Waals surface area contributed by atoms with Crippen molar-refractivity contribution >= 4 is 28.9 Å². The fraction of sp³-hybridized carbons (Fsp3) is 0.417. The molecular weight excluding hydrogens is 256 g/mol. The van der Waals surface area contributed by atoms with Crippen molar-refractivity contribution in [2.24, 2.45) is 5.41 Å². The van der Waals surface area contributed by atoms with Crippen LogP contribution in [0.4, 0.5) is 11.4 Å². The Balaban J connectivity index is 2.93. The number of anilines is 1. The van der Waals surface area contributed by atoms with E-state index in [2.05, 4.69) is 5.32 Å². The molecule has 0 atom stereocenters. The first kappa shape index (κ1) is 14.4. The zero-order valence-corrected chi connectivity index (χ0v) is 11.2. The van der Waals surface area contributed by atoms with Gasteiger partial charge in [-0.05, 0) is 32.4 Å². The number of alkyl halides is 1. The average molecular weight is 271 g/mol. The van der Waals surface area contributed by atoms with Crippen molar-refractivity contribution < 1.29 is 9.72 Å². The number of halogens is 1. The minimum Gasteiger partial charge on any atom is -0.325 e. The smallest absolute Gasteiger partial charge is 0.269 e. The Labute approximate surface area is 110 Å². The number of amides is 1. The Bertz CT molecular complexity index is 486. The number of carbonyl (C=O) groups excluding carboxylic acids is 1. The van der Waals surface area contributed by atoms with Crippen LogP contribution >= 0.6 is 11.6 Å². The van der Waals surface area contributed by atoms with E-state index in [9.17, 15) is 14.9 Å². The predicted molar refractivity (Wildman–Crippen MR) is 71.0 cm³/mol. The Hall–Kier alpha value is -1.62. The molecule has 1 aromatic rings. The van der Waals surface area contributed by atoms with E-state index in [-0.39, 0.29) is 17.5 Å². The maximum Gasteiger partial charge on any atom is 0.269 e. The van der Waals surface area contributed by atoms with Gasteiger partial charge in [-0.25, -0.2) is 0 Å². The standard InChI is InChI=1S/C12H15ClN2O3/c1-8-6-9(15(17)18)4-5-10(8)14-11(16)12(2,3)7-13/h4-6H,7H2,1-3H3,(H,14,16). The fourth-order valence-electron chi connectivity index (χ4n) is 1.25. The minimum absolute atomic E-state index is 0.00195. The molecule has 0 aromatic heterocycles. The highest BCUT2D eigenvalue weighted by Crippen LogP contribution is 2.24. The number of rotatable bonds is 4. The van der Waals surface area contributed by atoms with E-state index in [0.717, 1.165) is 0 Å². The molecule has 6 heteroatoms. The third kappa shape index (κ3) is 3.20. The van der Waals surface area contributed by atoms with Gasteiger partial charge in [-0.1, -0.05) is 0 Å². The first-order chi connectivity index (χ1) is 8.27. The third-order valence-corrected chi connectivity index (χ3v) is 3.29. The molecule has 0 spiro atoms. The number of nitro benzene ring substituents is 1. The van der Waals surface area contributed by atoms with E-state index in [1.54, 1.807) is 20.8 Å². The Morgan fingerprint density at radius 2 is 2.11 bits per heavy atom. The lowest BCUT2D eigenvalue weighted by Crippen LogP contribution is -2.32. The number of hydrogen-bond donors (Lipinski definition) is 1. The molecular formula is C12H15ClN2O3. The van der Waals surface area contributed by atoms with Crippen LogP contribution in [0.1, 0.15) is 19.4 Å². The van der Waals surface area contributed by atoms with Crippen LogP contribution < -0.4 is 5.32 Å². The quantitative estimate of drug-likeness (QED) is 0.519. The van der Waals surface area contributed by atoms with Gasteiger partial charge in [-0.2, -0.15) is 0 Å². The second kappa shape index (κ2) is 5.35. The highest BCUT2D eigenvalue weighted by molar-refractivity contribution is 6.20. The van der Waals surface area contributed by atoms with Crippen LogP contribution in [0.25, 0.3) is 0 Å². The second-order valence-electron chi connectivity index (χ2n) is 4.73. The Kier molecular flexibility index (Phi) is 4.29. The van der Waals surface area contributed by atoms with Gasteiger partial charge >= 0.3 is 0 Å². The van der Waals surface area contributed by atoms with Gasteiger partial charge in [0.1, 0.15) is 0 Å². The van der Waals surface area contributed by atoms with Gasteiger partial charge in [0.15, 0.2) is 0 Å². The minimum atomic E-state index is -0.685. The van der Waals surface area contributed by atoms with E-state index < -0.39 is 10.3 Å². The van der Waals surface area contributed by atoms with Crippen LogP contribution in [0.3, 0.4) is 0 Å². The number of benzene rings is 1. The molecule has 0 aliphatic rings. The summed E-state index contributed by atoms with van der Waals surface area (Å²) in [4.78, 5) is 22.0. The van der Waals surface area contributed by atoms with Crippen molar-refractivity contribution in [2.75, 3.05) is 11.2 Å². The fourth-order valence-corrected chi connectivity index (χ4v) is 1.38. The maximum absolute atomic E-state index is 11.9. The second-order valence-corrected chi connectivity index (χ2v) is 5.00. The molecule has 18 heavy (non-hydrogen) atoms. The van der Waals surface area contributed by atoms with Gasteiger partial charge in [-0.3, -0.25) is 14.9 Å². The molecule has 1 N–H and O–H groups in total. The molecule has 5 nitrogen and oxygen atoms in total. The zero-order chi connectivity index (χ0) is 13.9. The SMILES string of the molecule is Cc1cc([N+](=O)[O-])ccc1NC(=O)C(C)(C)CCl. The molecule has 1 amide bonds. The lowest BCUT2D eigenvalue weighted by atomic mass is 9.95. The predicted octanol–water partition coefficient (Wildman–Crippen LogP) is 3.11. The summed E-state index contributed by atoms with van der Waals surface area (Å²) in [6.07, 6.45) is 0. The van der Waals surface area contributed by atoms with E-state index in [0.29, 0.717) is 11.3 Å². The number of nitrogens with zero attached hydrogens (tertiary/aromatic N) is 1. The zero-order valence-electron chi connectivity index (χ0n) is 10.5. The van der Waals surface area contributed by atoms with E-state index >= 15 is 0 Å². The molecule has 98 valence electrons. The summed E-state index contributed by atoms with van der Waals surface area (Å²) in [6.45, 7) is 5.17. The van der Waals surface area contributed by atoms with Crippen molar-refractivity contribution in [1.82, 2.24) is 0 Å². The van der Waals surface area contributed by atoms with Crippen molar-refractivity contribution in [3.63, 3.8) is 0 Å². The van der Waals surface area contributed by atoms with Crippen molar-refractivity contribution in [3.8, 4) is 0 Å². The van der Waals surface area contributed by atoms with Gasteiger partial charge in [0.2, 0.25) is 5.91 Å². The van der Waals surface area contributed by atoms with Gasteiger partial charge in [0.05, 0.1) is 10.3 Å². The summed E-state index contributed by atoms with van der Waals surface area (Å²) in [5, 5.41) is 13.3. The number of nitro groups is 1. The van der Waals surface area contributed by atoms with Gasteiger partial charge < -0.3 is 5.32 Å². The molecule has 0 radical (unpaired) electrons. The summed E-state index contributed by atoms with van der Waals surface area (Å²) in [5.41, 5.74) is 0.518. The van der Waals surface area contributed by atoms with Gasteiger partial charge in [0.25, 0.3) is 5.69 Å². The van der Waals surface area contributed by atoms with Crippen LogP contribution in [-0.4, -0.2) is 16.7 Å². The van der Waals surface area contributed by atoms with Crippen molar-refractivity contribution in [3.05, 3.63) is 33.9 Å². The highest BCUT2D eigenvalue weighted by Gasteiger charge is 2.27. The van der Waals surface area contributed by atoms with Crippen LogP contribution in [0.2, 0.25) is 0 Å². The molecule has 0 saturated carbocycles. The summed E-state index contributed by atoms with van der Waals surface area (Å²) >= 11 is 5.71. The van der Waals surface area contributed by atoms with Crippen molar-refractivity contribution in [1.29, 1.82) is 0 Å². The van der Waals surface area contributed by atoms with E-state index in [4.69, 9.17) is 11.6 Å². The maximum atomic E-state index is 11.9. The molecule has 0 fully saturated rings. The molecule has 0 aliphatic heterocycles. The molecule has 0 bridgehead atoms. The Morgan fingerprint density at radius 3 is 2.56 bits per heavy atom. The van der Waals surface area contributed by atoms with Gasteiger partial charge in [-0.15, -0.1) is 11.6 Å². The Morgan fingerprint density at radius 1 is 1.50 bits per heavy atom. The number of hydrogen-bond acceptors (Lipinski definition) is 3. The monoisotopic (exact) mass is 270 g/mol. The van der Waals surface area contributed by atoms with E-state index in [1.807, 2.05) is 0 Å². The lowest BCUT2D eigenvalue weighted by Gasteiger charge is -2.21. The summed E-state index contributed by atoms with van der Waals surface area (Å²) in [5.74, 6) is -0.0142. The van der Waals surface area contributed by atoms with Crippen LogP contribution in [0.15, 0.2) is 18.2 Å². The average Bonchev–Trinajstić information content (AvgIpc) is 2.31. The molecule has 1 rings (SSSR count). The number of aryl methyl sites for hydroxylation is 1. The topological polar surface area (TPSA) is 72.2 Å². The highest BCUT2D eigenvalue weighted by atomic mass is 35.5.